The van der Waals surface area contributed by atoms with E-state index >= 15 is 0 Å². The lowest BCUT2D eigenvalue weighted by molar-refractivity contribution is -0.143. The summed E-state index contributed by atoms with van der Waals surface area (Å²) in [7, 11) is 0. The Morgan fingerprint density at radius 2 is 1.90 bits per heavy atom. The van der Waals surface area contributed by atoms with Gasteiger partial charge in [0.1, 0.15) is 12.3 Å². The van der Waals surface area contributed by atoms with Crippen molar-refractivity contribution >= 4 is 35.7 Å². The first-order valence-electron chi connectivity index (χ1n) is 9.52. The highest BCUT2D eigenvalue weighted by atomic mass is 35.5. The lowest BCUT2D eigenvalue weighted by Gasteiger charge is -2.30. The van der Waals surface area contributed by atoms with Crippen LogP contribution in [0.1, 0.15) is 29.5 Å². The second-order valence-electron chi connectivity index (χ2n) is 7.05. The number of halogens is 2. The fourth-order valence-electron chi connectivity index (χ4n) is 3.48. The van der Waals surface area contributed by atoms with Gasteiger partial charge in [-0.15, -0.1) is 12.4 Å². The van der Waals surface area contributed by atoms with Gasteiger partial charge in [0.15, 0.2) is 0 Å². The molecule has 1 aliphatic rings. The van der Waals surface area contributed by atoms with Crippen LogP contribution in [0.15, 0.2) is 53.7 Å². The van der Waals surface area contributed by atoms with Crippen molar-refractivity contribution < 1.29 is 14.7 Å². The van der Waals surface area contributed by atoms with Crippen molar-refractivity contribution in [2.75, 3.05) is 26.2 Å². The van der Waals surface area contributed by atoms with Crippen LogP contribution in [0.2, 0.25) is 5.02 Å². The molecule has 0 amide bonds. The highest BCUT2D eigenvalue weighted by molar-refractivity contribution is 6.35. The van der Waals surface area contributed by atoms with Crippen molar-refractivity contribution in [3.63, 3.8) is 0 Å². The summed E-state index contributed by atoms with van der Waals surface area (Å²) < 4.78 is 0. The number of oxime groups is 1. The zero-order valence-electron chi connectivity index (χ0n) is 16.4. The van der Waals surface area contributed by atoms with Gasteiger partial charge < -0.3 is 9.94 Å². The Kier molecular flexibility index (Phi) is 8.96. The Bertz CT molecular complexity index is 810. The van der Waals surface area contributed by atoms with Gasteiger partial charge >= 0.3 is 5.97 Å². The predicted molar refractivity (Wildman–Crippen MR) is 118 cm³/mol. The molecule has 3 rings (SSSR count). The van der Waals surface area contributed by atoms with Gasteiger partial charge in [-0.25, -0.2) is 0 Å². The fraction of sp³-hybridized carbons (Fsp3) is 0.364. The minimum atomic E-state index is -0.718. The van der Waals surface area contributed by atoms with Crippen molar-refractivity contribution in [3.05, 3.63) is 70.2 Å². The van der Waals surface area contributed by atoms with Gasteiger partial charge in [-0.3, -0.25) is 9.69 Å². The molecular formula is C22H26Cl2N2O3. The number of carbonyl (C=O) groups is 1. The van der Waals surface area contributed by atoms with E-state index in [0.717, 1.165) is 36.1 Å². The zero-order valence-corrected chi connectivity index (χ0v) is 18.0. The van der Waals surface area contributed by atoms with Gasteiger partial charge in [0.2, 0.25) is 0 Å². The smallest absolute Gasteiger partial charge is 0.307 e. The third kappa shape index (κ3) is 6.20. The first-order valence-corrected chi connectivity index (χ1v) is 9.90. The molecule has 0 aromatic heterocycles. The van der Waals surface area contributed by atoms with Gasteiger partial charge in [-0.2, -0.15) is 0 Å². The molecule has 156 valence electrons. The number of piperidine rings is 1. The number of aliphatic carboxylic acids is 1. The van der Waals surface area contributed by atoms with E-state index in [-0.39, 0.29) is 18.3 Å². The molecule has 1 heterocycles. The molecule has 1 aliphatic heterocycles. The topological polar surface area (TPSA) is 62.1 Å². The lowest BCUT2D eigenvalue weighted by Crippen LogP contribution is -2.40. The monoisotopic (exact) mass is 436 g/mol. The normalized spacial score (nSPS) is 17.4. The van der Waals surface area contributed by atoms with Crippen LogP contribution in [0.3, 0.4) is 0 Å². The van der Waals surface area contributed by atoms with E-state index in [0.29, 0.717) is 30.4 Å². The van der Waals surface area contributed by atoms with E-state index in [1.54, 1.807) is 0 Å². The predicted octanol–water partition coefficient (Wildman–Crippen LogP) is 4.64. The molecule has 1 atom stereocenters. The molecule has 2 aromatic rings. The molecule has 1 fully saturated rings. The van der Waals surface area contributed by atoms with E-state index in [2.05, 4.69) is 10.1 Å². The standard InChI is InChI=1S/C22H25ClN2O3.ClH/c1-16-7-2-3-9-18(16)21(19-10-4-5-11-20(19)23)24-28-14-13-25-12-6-8-17(15-25)22(26)27;/h2-5,7,9-11,17H,6,8,12-15H2,1H3,(H,26,27);1H/t17-;/m1./s1. The number of hydrogen-bond donors (Lipinski definition) is 1. The summed E-state index contributed by atoms with van der Waals surface area (Å²) in [6, 6.07) is 15.6. The maximum absolute atomic E-state index is 11.2. The minimum Gasteiger partial charge on any atom is -0.481 e. The van der Waals surface area contributed by atoms with E-state index in [9.17, 15) is 9.90 Å². The van der Waals surface area contributed by atoms with Crippen LogP contribution in [0.25, 0.3) is 0 Å². The van der Waals surface area contributed by atoms with Crippen molar-refractivity contribution in [2.45, 2.75) is 19.8 Å². The lowest BCUT2D eigenvalue weighted by atomic mass is 9.98. The molecule has 0 aliphatic carbocycles. The molecule has 2 aromatic carbocycles. The molecule has 0 bridgehead atoms. The second kappa shape index (κ2) is 11.2. The number of likely N-dealkylation sites (tertiary alicyclic amines) is 1. The van der Waals surface area contributed by atoms with E-state index in [1.165, 1.54) is 0 Å². The largest absolute Gasteiger partial charge is 0.481 e. The Labute approximate surface area is 182 Å². The van der Waals surface area contributed by atoms with E-state index in [4.69, 9.17) is 16.4 Å². The number of hydrogen-bond acceptors (Lipinski definition) is 4. The Morgan fingerprint density at radius 3 is 2.59 bits per heavy atom. The number of carboxylic acid groups (broad SMARTS) is 1. The van der Waals surface area contributed by atoms with Crippen LogP contribution in [-0.2, 0) is 9.63 Å². The van der Waals surface area contributed by atoms with E-state index < -0.39 is 5.97 Å². The summed E-state index contributed by atoms with van der Waals surface area (Å²) in [4.78, 5) is 19.0. The van der Waals surface area contributed by atoms with Crippen molar-refractivity contribution in [2.24, 2.45) is 11.1 Å². The van der Waals surface area contributed by atoms with Crippen LogP contribution >= 0.6 is 24.0 Å². The number of nitrogens with zero attached hydrogens (tertiary/aromatic N) is 2. The van der Waals surface area contributed by atoms with Gasteiger partial charge in [-0.1, -0.05) is 59.2 Å². The van der Waals surface area contributed by atoms with Crippen LogP contribution in [0, 0.1) is 12.8 Å². The molecule has 7 heteroatoms. The van der Waals surface area contributed by atoms with Crippen molar-refractivity contribution in [1.82, 2.24) is 4.90 Å². The molecule has 1 saturated heterocycles. The van der Waals surface area contributed by atoms with Crippen molar-refractivity contribution in [1.29, 1.82) is 0 Å². The summed E-state index contributed by atoms with van der Waals surface area (Å²) in [6.45, 7) is 4.54. The third-order valence-corrected chi connectivity index (χ3v) is 5.37. The second-order valence-corrected chi connectivity index (χ2v) is 7.45. The highest BCUT2D eigenvalue weighted by Crippen LogP contribution is 2.22. The Morgan fingerprint density at radius 1 is 1.21 bits per heavy atom. The molecule has 0 unspecified atom stereocenters. The molecule has 0 spiro atoms. The molecule has 29 heavy (non-hydrogen) atoms. The summed E-state index contributed by atoms with van der Waals surface area (Å²) in [5.41, 5.74) is 3.58. The first kappa shape index (κ1) is 23.2. The summed E-state index contributed by atoms with van der Waals surface area (Å²) in [5.74, 6) is -1.01. The molecular weight excluding hydrogens is 411 g/mol. The third-order valence-electron chi connectivity index (χ3n) is 5.04. The van der Waals surface area contributed by atoms with Crippen LogP contribution < -0.4 is 0 Å². The van der Waals surface area contributed by atoms with Crippen LogP contribution in [-0.4, -0.2) is 47.9 Å². The average molecular weight is 437 g/mol. The highest BCUT2D eigenvalue weighted by Gasteiger charge is 2.25. The number of aryl methyl sites for hydroxylation is 1. The van der Waals surface area contributed by atoms with Gasteiger partial charge in [0.05, 0.1) is 10.9 Å². The minimum absolute atomic E-state index is 0. The zero-order chi connectivity index (χ0) is 19.9. The van der Waals surface area contributed by atoms with Gasteiger partial charge in [-0.05, 0) is 37.9 Å². The van der Waals surface area contributed by atoms with Gasteiger partial charge in [0.25, 0.3) is 0 Å². The fourth-order valence-corrected chi connectivity index (χ4v) is 3.70. The average Bonchev–Trinajstić information content (AvgIpc) is 2.70. The first-order chi connectivity index (χ1) is 13.6. The maximum atomic E-state index is 11.2. The van der Waals surface area contributed by atoms with Crippen LogP contribution in [0.5, 0.6) is 0 Å². The molecule has 5 nitrogen and oxygen atoms in total. The summed E-state index contributed by atoms with van der Waals surface area (Å²) >= 11 is 6.40. The summed E-state index contributed by atoms with van der Waals surface area (Å²) in [6.07, 6.45) is 1.64. The Balaban J connectivity index is 0.00000300. The number of carboxylic acids is 1. The van der Waals surface area contributed by atoms with Crippen LogP contribution in [0.4, 0.5) is 0 Å². The summed E-state index contributed by atoms with van der Waals surface area (Å²) in [5, 5.41) is 14.2. The SMILES string of the molecule is Cc1ccccc1C(=NOCCN1CCC[C@@H](C(=O)O)C1)c1ccccc1Cl.Cl. The van der Waals surface area contributed by atoms with E-state index in [1.807, 2.05) is 55.5 Å². The maximum Gasteiger partial charge on any atom is 0.307 e. The number of rotatable bonds is 7. The van der Waals surface area contributed by atoms with Crippen molar-refractivity contribution in [3.8, 4) is 0 Å². The molecule has 1 N–H and O–H groups in total. The molecule has 0 saturated carbocycles. The quantitative estimate of drug-likeness (QED) is 0.390. The van der Waals surface area contributed by atoms with Gasteiger partial charge in [0, 0.05) is 24.2 Å². The number of benzene rings is 2. The Hall–Kier alpha value is -2.08. The molecule has 0 radical (unpaired) electrons.